The lowest BCUT2D eigenvalue weighted by molar-refractivity contribution is 0.0177. The van der Waals surface area contributed by atoms with E-state index in [1.54, 1.807) is 19.2 Å². The minimum Gasteiger partial charge on any atom is -0.490 e. The molecule has 0 saturated carbocycles. The van der Waals surface area contributed by atoms with Crippen molar-refractivity contribution < 1.29 is 31.5 Å². The molecule has 0 atom stereocenters. The van der Waals surface area contributed by atoms with E-state index in [2.05, 4.69) is 49.4 Å². The summed E-state index contributed by atoms with van der Waals surface area (Å²) in [4.78, 5) is -0.0229. The zero-order valence-electron chi connectivity index (χ0n) is 22.3. The molecule has 0 bridgehead atoms. The first kappa shape index (κ1) is 28.0. The number of methoxy groups -OCH3 is 1. The van der Waals surface area contributed by atoms with Crippen LogP contribution >= 0.6 is 0 Å². The molecule has 0 aromatic heterocycles. The topological polar surface area (TPSA) is 80.3 Å². The summed E-state index contributed by atoms with van der Waals surface area (Å²) in [7, 11) is -1.27. The van der Waals surface area contributed by atoms with Crippen molar-refractivity contribution in [3.05, 3.63) is 71.8 Å². The van der Waals surface area contributed by atoms with E-state index < -0.39 is 10.1 Å². The second-order valence-electron chi connectivity index (χ2n) is 9.05. The van der Waals surface area contributed by atoms with E-state index in [1.807, 2.05) is 13.0 Å². The summed E-state index contributed by atoms with van der Waals surface area (Å²) >= 11 is 0. The van der Waals surface area contributed by atoms with Crippen LogP contribution in [0.15, 0.2) is 65.6 Å². The van der Waals surface area contributed by atoms with Crippen LogP contribution in [-0.2, 0) is 28.5 Å². The Hall–Kier alpha value is -3.01. The van der Waals surface area contributed by atoms with Gasteiger partial charge in [0.1, 0.15) is 17.3 Å². The number of hydrogen-bond donors (Lipinski definition) is 0. The van der Waals surface area contributed by atoms with Gasteiger partial charge >= 0.3 is 0 Å². The minimum atomic E-state index is -4.04. The van der Waals surface area contributed by atoms with Crippen LogP contribution in [0.5, 0.6) is 5.75 Å². The Morgan fingerprint density at radius 3 is 2.08 bits per heavy atom. The Bertz CT molecular complexity index is 1510. The molecule has 0 saturated heterocycles. The molecule has 0 fully saturated rings. The van der Waals surface area contributed by atoms with Crippen molar-refractivity contribution in [2.24, 2.45) is 0 Å². The van der Waals surface area contributed by atoms with Gasteiger partial charge in [0, 0.05) is 7.11 Å². The average molecular weight is 539 g/mol. The lowest BCUT2D eigenvalue weighted by Gasteiger charge is -2.16. The summed E-state index contributed by atoms with van der Waals surface area (Å²) in [5.74, 6) is 0.215. The van der Waals surface area contributed by atoms with Crippen LogP contribution in [0.4, 0.5) is 0 Å². The Morgan fingerprint density at radius 1 is 0.658 bits per heavy atom. The smallest absolute Gasteiger partial charge is 0.300 e. The summed E-state index contributed by atoms with van der Waals surface area (Å²) in [6.45, 7) is 6.46. The molecule has 0 aliphatic carbocycles. The average Bonchev–Trinajstić information content (AvgIpc) is 2.91. The first-order valence-corrected chi connectivity index (χ1v) is 13.9. The van der Waals surface area contributed by atoms with Crippen LogP contribution in [0.25, 0.3) is 32.7 Å². The standard InChI is InChI=1S/C30H34O7S/c1-21-6-9-26-25(17-21)19-23-7-5-22(2)18-27(23)30(26)24-8-10-28(29(20-24)38(31,32)34-4)37-16-15-36-14-13-35-12-11-33-3/h5-10,17-20H,11-16H2,1-4H3. The third-order valence-corrected chi connectivity index (χ3v) is 7.57. The summed E-state index contributed by atoms with van der Waals surface area (Å²) in [6, 6.07) is 20.0. The fourth-order valence-corrected chi connectivity index (χ4v) is 5.23. The molecule has 7 nitrogen and oxygen atoms in total. The molecule has 0 spiro atoms. The van der Waals surface area contributed by atoms with Gasteiger partial charge in [-0.3, -0.25) is 4.18 Å². The lowest BCUT2D eigenvalue weighted by atomic mass is 9.90. The van der Waals surface area contributed by atoms with E-state index in [9.17, 15) is 8.42 Å². The van der Waals surface area contributed by atoms with E-state index in [-0.39, 0.29) is 23.9 Å². The maximum absolute atomic E-state index is 12.9. The van der Waals surface area contributed by atoms with Gasteiger partial charge in [-0.25, -0.2) is 0 Å². The van der Waals surface area contributed by atoms with Crippen molar-refractivity contribution in [1.29, 1.82) is 0 Å². The predicted molar refractivity (Wildman–Crippen MR) is 150 cm³/mol. The molecule has 0 radical (unpaired) electrons. The minimum absolute atomic E-state index is 0.0229. The van der Waals surface area contributed by atoms with Crippen molar-refractivity contribution in [3.63, 3.8) is 0 Å². The van der Waals surface area contributed by atoms with Crippen molar-refractivity contribution >= 4 is 31.7 Å². The molecular formula is C30H34O7S. The van der Waals surface area contributed by atoms with Crippen molar-refractivity contribution in [3.8, 4) is 16.9 Å². The third-order valence-electron chi connectivity index (χ3n) is 6.28. The Labute approximate surface area is 224 Å². The highest BCUT2D eigenvalue weighted by Gasteiger charge is 2.22. The van der Waals surface area contributed by atoms with Gasteiger partial charge in [-0.2, -0.15) is 8.42 Å². The molecular weight excluding hydrogens is 504 g/mol. The van der Waals surface area contributed by atoms with Crippen LogP contribution in [-0.4, -0.2) is 62.3 Å². The molecule has 4 rings (SSSR count). The quantitative estimate of drug-likeness (QED) is 0.123. The number of ether oxygens (including phenoxy) is 4. The number of rotatable bonds is 13. The number of hydrogen-bond acceptors (Lipinski definition) is 7. The van der Waals surface area contributed by atoms with Crippen molar-refractivity contribution in [2.45, 2.75) is 18.7 Å². The molecule has 8 heteroatoms. The lowest BCUT2D eigenvalue weighted by Crippen LogP contribution is -2.13. The van der Waals surface area contributed by atoms with E-state index >= 15 is 0 Å². The van der Waals surface area contributed by atoms with E-state index in [0.29, 0.717) is 26.4 Å². The first-order chi connectivity index (χ1) is 18.3. The van der Waals surface area contributed by atoms with Crippen LogP contribution in [0.1, 0.15) is 11.1 Å². The van der Waals surface area contributed by atoms with Crippen molar-refractivity contribution in [2.75, 3.05) is 53.9 Å². The first-order valence-electron chi connectivity index (χ1n) is 12.5. The molecule has 4 aromatic carbocycles. The van der Waals surface area contributed by atoms with E-state index in [0.717, 1.165) is 50.9 Å². The van der Waals surface area contributed by atoms with Gasteiger partial charge in [0.05, 0.1) is 40.1 Å². The van der Waals surface area contributed by atoms with Gasteiger partial charge in [0.2, 0.25) is 0 Å². The highest BCUT2D eigenvalue weighted by molar-refractivity contribution is 7.86. The fraction of sp³-hybridized carbons (Fsp3) is 0.333. The van der Waals surface area contributed by atoms with Gasteiger partial charge in [-0.05, 0) is 64.7 Å². The van der Waals surface area contributed by atoms with Gasteiger partial charge in [-0.1, -0.05) is 53.6 Å². The fourth-order valence-electron chi connectivity index (χ4n) is 4.41. The van der Waals surface area contributed by atoms with Crippen molar-refractivity contribution in [1.82, 2.24) is 0 Å². The molecule has 0 amide bonds. The summed E-state index contributed by atoms with van der Waals surface area (Å²) in [6.07, 6.45) is 0. The number of fused-ring (bicyclic) bond motifs is 2. The monoisotopic (exact) mass is 538 g/mol. The van der Waals surface area contributed by atoms with Gasteiger partial charge in [0.15, 0.2) is 0 Å². The molecule has 0 aliphatic rings. The van der Waals surface area contributed by atoms with Crippen LogP contribution in [0.3, 0.4) is 0 Å². The van der Waals surface area contributed by atoms with Crippen LogP contribution in [0.2, 0.25) is 0 Å². The zero-order chi connectivity index (χ0) is 27.1. The summed E-state index contributed by atoms with van der Waals surface area (Å²) in [5, 5.41) is 4.28. The third kappa shape index (κ3) is 6.51. The Kier molecular flexibility index (Phi) is 9.35. The predicted octanol–water partition coefficient (Wildman–Crippen LogP) is 5.67. The molecule has 38 heavy (non-hydrogen) atoms. The number of aryl methyl sites for hydroxylation is 2. The Balaban J connectivity index is 1.66. The zero-order valence-corrected chi connectivity index (χ0v) is 23.1. The maximum atomic E-state index is 12.9. The SMILES string of the molecule is COCCOCCOCCOc1ccc(-c2c3ccc(C)cc3cc3ccc(C)cc23)cc1S(=O)(=O)OC. The molecule has 202 valence electrons. The Morgan fingerprint density at radius 2 is 1.34 bits per heavy atom. The highest BCUT2D eigenvalue weighted by Crippen LogP contribution is 2.40. The maximum Gasteiger partial charge on any atom is 0.300 e. The molecule has 0 unspecified atom stereocenters. The summed E-state index contributed by atoms with van der Waals surface area (Å²) in [5.41, 5.74) is 4.02. The normalized spacial score (nSPS) is 11.9. The second kappa shape index (κ2) is 12.7. The molecule has 4 aromatic rings. The van der Waals surface area contributed by atoms with E-state index in [1.165, 1.54) is 0 Å². The second-order valence-corrected chi connectivity index (χ2v) is 10.7. The molecule has 0 heterocycles. The summed E-state index contributed by atoms with van der Waals surface area (Å²) < 4.78 is 52.4. The molecule has 0 aliphatic heterocycles. The largest absolute Gasteiger partial charge is 0.490 e. The van der Waals surface area contributed by atoms with Gasteiger partial charge < -0.3 is 18.9 Å². The number of benzene rings is 4. The molecule has 0 N–H and O–H groups in total. The highest BCUT2D eigenvalue weighted by atomic mass is 32.2. The van der Waals surface area contributed by atoms with E-state index in [4.69, 9.17) is 23.1 Å². The van der Waals surface area contributed by atoms with Gasteiger partial charge in [0.25, 0.3) is 10.1 Å². The van der Waals surface area contributed by atoms with Crippen LogP contribution in [0, 0.1) is 13.8 Å². The van der Waals surface area contributed by atoms with Crippen LogP contribution < -0.4 is 4.74 Å². The van der Waals surface area contributed by atoms with Gasteiger partial charge in [-0.15, -0.1) is 0 Å².